The van der Waals surface area contributed by atoms with Crippen molar-refractivity contribution in [2.24, 2.45) is 0 Å². The molecule has 24 heavy (non-hydrogen) atoms. The highest BCUT2D eigenvalue weighted by Gasteiger charge is 2.33. The summed E-state index contributed by atoms with van der Waals surface area (Å²) >= 11 is 0. The quantitative estimate of drug-likeness (QED) is 0.664. The van der Waals surface area contributed by atoms with E-state index < -0.39 is 17.8 Å². The fourth-order valence-corrected chi connectivity index (χ4v) is 1.79. The highest BCUT2D eigenvalue weighted by atomic mass is 19.4. The van der Waals surface area contributed by atoms with E-state index in [1.54, 1.807) is 6.07 Å². The maximum Gasteiger partial charge on any atom is 0.433 e. The Bertz CT molecular complexity index is 775. The predicted molar refractivity (Wildman–Crippen MR) is 76.2 cm³/mol. The monoisotopic (exact) mass is 340 g/mol. The molecule has 0 bridgehead atoms. The van der Waals surface area contributed by atoms with Crippen molar-refractivity contribution >= 4 is 11.5 Å². The first-order valence-electron chi connectivity index (χ1n) is 6.45. The molecule has 0 saturated carbocycles. The highest BCUT2D eigenvalue weighted by Crippen LogP contribution is 2.32. The van der Waals surface area contributed by atoms with E-state index >= 15 is 0 Å². The van der Waals surface area contributed by atoms with Crippen LogP contribution in [0.4, 0.5) is 13.2 Å². The Morgan fingerprint density at radius 2 is 1.96 bits per heavy atom. The van der Waals surface area contributed by atoms with Gasteiger partial charge in [-0.1, -0.05) is 18.2 Å². The van der Waals surface area contributed by atoms with Crippen LogP contribution in [0.2, 0.25) is 0 Å². The lowest BCUT2D eigenvalue weighted by Crippen LogP contribution is -2.08. The third kappa shape index (κ3) is 4.00. The number of carboxylic acids is 1. The standard InChI is InChI=1S/C15H11F3N2O4/c1-23-7-10(14(21)22)9-4-2-3-5-11(9)24-13-6-12(15(16,17)18)19-8-20-13/h2-8H,1H3,(H,21,22). The molecule has 0 spiro atoms. The molecule has 2 rings (SSSR count). The minimum Gasteiger partial charge on any atom is -0.503 e. The molecule has 0 amide bonds. The van der Waals surface area contributed by atoms with Crippen LogP contribution in [-0.2, 0) is 15.7 Å². The number of ether oxygens (including phenoxy) is 2. The number of aliphatic carboxylic acids is 1. The first-order chi connectivity index (χ1) is 11.3. The van der Waals surface area contributed by atoms with E-state index in [2.05, 4.69) is 9.97 Å². The normalized spacial score (nSPS) is 11.9. The lowest BCUT2D eigenvalue weighted by Gasteiger charge is -2.12. The van der Waals surface area contributed by atoms with Crippen molar-refractivity contribution in [1.82, 2.24) is 9.97 Å². The number of hydrogen-bond acceptors (Lipinski definition) is 5. The molecule has 0 aliphatic rings. The van der Waals surface area contributed by atoms with E-state index in [4.69, 9.17) is 9.47 Å². The topological polar surface area (TPSA) is 81.5 Å². The Hall–Kier alpha value is -3.10. The molecule has 0 fully saturated rings. The number of rotatable bonds is 5. The van der Waals surface area contributed by atoms with E-state index in [-0.39, 0.29) is 22.8 Å². The van der Waals surface area contributed by atoms with Crippen molar-refractivity contribution in [2.75, 3.05) is 7.11 Å². The van der Waals surface area contributed by atoms with Crippen molar-refractivity contribution in [2.45, 2.75) is 6.18 Å². The number of methoxy groups -OCH3 is 1. The van der Waals surface area contributed by atoms with Crippen LogP contribution < -0.4 is 4.74 Å². The van der Waals surface area contributed by atoms with Gasteiger partial charge in [-0.15, -0.1) is 0 Å². The van der Waals surface area contributed by atoms with Gasteiger partial charge in [0.1, 0.15) is 17.6 Å². The van der Waals surface area contributed by atoms with Crippen LogP contribution in [0, 0.1) is 0 Å². The van der Waals surface area contributed by atoms with E-state index in [1.165, 1.54) is 25.3 Å². The van der Waals surface area contributed by atoms with E-state index in [0.717, 1.165) is 6.26 Å². The minimum atomic E-state index is -4.65. The Labute approximate surface area is 134 Å². The fourth-order valence-electron chi connectivity index (χ4n) is 1.79. The molecule has 126 valence electrons. The molecular formula is C15H11F3N2O4. The summed E-state index contributed by atoms with van der Waals surface area (Å²) in [6.45, 7) is 0. The molecule has 0 aliphatic carbocycles. The number of carbonyl (C=O) groups is 1. The molecule has 1 aromatic heterocycles. The molecule has 0 aliphatic heterocycles. The van der Waals surface area contributed by atoms with Gasteiger partial charge in [0.15, 0.2) is 5.69 Å². The second-order valence-corrected chi connectivity index (χ2v) is 4.41. The molecule has 1 heterocycles. The number of para-hydroxylation sites is 1. The Morgan fingerprint density at radius 1 is 1.25 bits per heavy atom. The second kappa shape index (κ2) is 6.99. The van der Waals surface area contributed by atoms with E-state index in [1.807, 2.05) is 0 Å². The van der Waals surface area contributed by atoms with Gasteiger partial charge in [0.05, 0.1) is 13.4 Å². The van der Waals surface area contributed by atoms with Crippen LogP contribution in [0.15, 0.2) is 42.9 Å². The van der Waals surface area contributed by atoms with E-state index in [9.17, 15) is 23.1 Å². The third-order valence-corrected chi connectivity index (χ3v) is 2.79. The molecule has 9 heteroatoms. The van der Waals surface area contributed by atoms with Crippen LogP contribution in [0.1, 0.15) is 11.3 Å². The molecule has 0 radical (unpaired) electrons. The summed E-state index contributed by atoms with van der Waals surface area (Å²) in [6, 6.07) is 6.54. The van der Waals surface area contributed by atoms with Crippen molar-refractivity contribution in [3.8, 4) is 11.6 Å². The number of carboxylic acid groups (broad SMARTS) is 1. The number of hydrogen-bond donors (Lipinski definition) is 1. The Balaban J connectivity index is 2.42. The summed E-state index contributed by atoms with van der Waals surface area (Å²) in [5, 5.41) is 9.22. The molecule has 0 saturated heterocycles. The molecular weight excluding hydrogens is 329 g/mol. The number of halogens is 3. The van der Waals surface area contributed by atoms with Gasteiger partial charge < -0.3 is 14.6 Å². The van der Waals surface area contributed by atoms with Gasteiger partial charge in [-0.2, -0.15) is 13.2 Å². The van der Waals surface area contributed by atoms with Crippen LogP contribution in [0.5, 0.6) is 11.6 Å². The van der Waals surface area contributed by atoms with Crippen molar-refractivity contribution in [3.05, 3.63) is 54.2 Å². The first-order valence-corrected chi connectivity index (χ1v) is 6.45. The zero-order chi connectivity index (χ0) is 17.7. The largest absolute Gasteiger partial charge is 0.503 e. The van der Waals surface area contributed by atoms with Crippen molar-refractivity contribution < 1.29 is 32.5 Å². The molecule has 6 nitrogen and oxygen atoms in total. The van der Waals surface area contributed by atoms with Crippen molar-refractivity contribution in [1.29, 1.82) is 0 Å². The summed E-state index contributed by atoms with van der Waals surface area (Å²) in [4.78, 5) is 18.0. The third-order valence-electron chi connectivity index (χ3n) is 2.79. The average molecular weight is 340 g/mol. The fraction of sp³-hybridized carbons (Fsp3) is 0.133. The lowest BCUT2D eigenvalue weighted by molar-refractivity contribution is -0.141. The SMILES string of the molecule is COC=C(C(=O)O)c1ccccc1Oc1cc(C(F)(F)F)ncn1. The van der Waals surface area contributed by atoms with Crippen LogP contribution in [-0.4, -0.2) is 28.2 Å². The summed E-state index contributed by atoms with van der Waals surface area (Å²) in [5.74, 6) is -1.64. The molecule has 2 aromatic rings. The van der Waals surface area contributed by atoms with Gasteiger partial charge in [-0.05, 0) is 6.07 Å². The molecule has 0 atom stereocenters. The first kappa shape index (κ1) is 17.3. The van der Waals surface area contributed by atoms with Gasteiger partial charge in [0, 0.05) is 11.6 Å². The minimum absolute atomic E-state index is 0.00928. The summed E-state index contributed by atoms with van der Waals surface area (Å²) in [6.07, 6.45) is -2.95. The van der Waals surface area contributed by atoms with Gasteiger partial charge in [0.25, 0.3) is 0 Å². The summed E-state index contributed by atoms with van der Waals surface area (Å²) in [5.41, 5.74) is -1.27. The average Bonchev–Trinajstić information content (AvgIpc) is 2.53. The highest BCUT2D eigenvalue weighted by molar-refractivity contribution is 6.15. The number of alkyl halides is 3. The summed E-state index contributed by atoms with van der Waals surface area (Å²) < 4.78 is 48.0. The number of aromatic nitrogens is 2. The van der Waals surface area contributed by atoms with Gasteiger partial charge in [-0.3, -0.25) is 0 Å². The Morgan fingerprint density at radius 3 is 2.58 bits per heavy atom. The van der Waals surface area contributed by atoms with Crippen LogP contribution >= 0.6 is 0 Å². The van der Waals surface area contributed by atoms with Crippen LogP contribution in [0.25, 0.3) is 5.57 Å². The van der Waals surface area contributed by atoms with Gasteiger partial charge in [-0.25, -0.2) is 14.8 Å². The van der Waals surface area contributed by atoms with Gasteiger partial charge in [0.2, 0.25) is 5.88 Å². The smallest absolute Gasteiger partial charge is 0.433 e. The maximum atomic E-state index is 12.7. The predicted octanol–water partition coefficient (Wildman–Crippen LogP) is 3.36. The lowest BCUT2D eigenvalue weighted by atomic mass is 10.1. The van der Waals surface area contributed by atoms with Gasteiger partial charge >= 0.3 is 12.1 Å². The van der Waals surface area contributed by atoms with E-state index in [0.29, 0.717) is 12.4 Å². The zero-order valence-electron chi connectivity index (χ0n) is 12.2. The molecule has 1 N–H and O–H groups in total. The molecule has 0 unspecified atom stereocenters. The van der Waals surface area contributed by atoms with Crippen LogP contribution in [0.3, 0.4) is 0 Å². The van der Waals surface area contributed by atoms with Crippen molar-refractivity contribution in [3.63, 3.8) is 0 Å². The molecule has 1 aromatic carbocycles. The number of benzene rings is 1. The zero-order valence-corrected chi connectivity index (χ0v) is 12.2. The second-order valence-electron chi connectivity index (χ2n) is 4.41. The summed E-state index contributed by atoms with van der Waals surface area (Å²) in [7, 11) is 1.27. The number of nitrogens with zero attached hydrogens (tertiary/aromatic N) is 2. The maximum absolute atomic E-state index is 12.7. The Kier molecular flexibility index (Phi) is 5.02.